The number of benzene rings is 2. The van der Waals surface area contributed by atoms with Crippen molar-refractivity contribution in [2.45, 2.75) is 24.7 Å². The second kappa shape index (κ2) is 8.83. The zero-order chi connectivity index (χ0) is 20.9. The highest BCUT2D eigenvalue weighted by Crippen LogP contribution is 2.30. The van der Waals surface area contributed by atoms with Gasteiger partial charge >= 0.3 is 12.1 Å². The molecular weight excluding hydrogens is 382 g/mol. The van der Waals surface area contributed by atoms with E-state index in [1.165, 1.54) is 24.3 Å². The molecule has 28 heavy (non-hydrogen) atoms. The van der Waals surface area contributed by atoms with Crippen LogP contribution in [-0.4, -0.2) is 30.1 Å². The third-order valence-corrected chi connectivity index (χ3v) is 3.96. The molecular formula is C19H17F4NO4. The Bertz CT molecular complexity index is 819. The van der Waals surface area contributed by atoms with E-state index in [1.807, 2.05) is 0 Å². The molecule has 0 radical (unpaired) electrons. The molecule has 2 atom stereocenters. The maximum Gasteiger partial charge on any atom is 0.416 e. The molecule has 0 heterocycles. The number of halogens is 4. The number of aliphatic hydroxyl groups excluding tert-OH is 1. The summed E-state index contributed by atoms with van der Waals surface area (Å²) in [5, 5.41) is 12.4. The third-order valence-electron chi connectivity index (χ3n) is 3.96. The normalized spacial score (nSPS) is 13.5. The molecule has 0 aliphatic rings. The van der Waals surface area contributed by atoms with E-state index in [4.69, 9.17) is 0 Å². The van der Waals surface area contributed by atoms with Gasteiger partial charge in [-0.3, -0.25) is 4.79 Å². The van der Waals surface area contributed by atoms with Crippen molar-refractivity contribution in [3.8, 4) is 0 Å². The van der Waals surface area contributed by atoms with Crippen molar-refractivity contribution in [3.63, 3.8) is 0 Å². The number of ether oxygens (including phenoxy) is 1. The van der Waals surface area contributed by atoms with E-state index >= 15 is 0 Å². The van der Waals surface area contributed by atoms with E-state index in [0.717, 1.165) is 31.4 Å². The molecule has 0 aliphatic heterocycles. The van der Waals surface area contributed by atoms with Crippen LogP contribution in [-0.2, 0) is 26.9 Å². The Balaban J connectivity index is 2.11. The molecule has 2 aromatic carbocycles. The molecule has 0 aliphatic carbocycles. The maximum atomic E-state index is 13.0. The zero-order valence-electron chi connectivity index (χ0n) is 14.7. The zero-order valence-corrected chi connectivity index (χ0v) is 14.7. The number of hydrogen-bond donors (Lipinski definition) is 2. The van der Waals surface area contributed by atoms with Gasteiger partial charge in [0.15, 0.2) is 6.10 Å². The standard InChI is InChI=1S/C19H17F4NO4/c1-28-18(27)15(10-11-2-8-14(20)9-3-11)24-17(26)16(25)12-4-6-13(7-5-12)19(21,22)23/h2-9,15-16,25H,10H2,1H3,(H,24,26)/t15-,16-/m0/s1. The minimum Gasteiger partial charge on any atom is -0.467 e. The summed E-state index contributed by atoms with van der Waals surface area (Å²) in [7, 11) is 1.11. The first-order valence-electron chi connectivity index (χ1n) is 8.09. The van der Waals surface area contributed by atoms with Gasteiger partial charge in [0.2, 0.25) is 0 Å². The largest absolute Gasteiger partial charge is 0.467 e. The van der Waals surface area contributed by atoms with Crippen LogP contribution in [0.2, 0.25) is 0 Å². The highest BCUT2D eigenvalue weighted by Gasteiger charge is 2.31. The lowest BCUT2D eigenvalue weighted by Gasteiger charge is -2.19. The molecule has 0 fully saturated rings. The first-order chi connectivity index (χ1) is 13.1. The molecule has 1 amide bonds. The molecule has 0 bridgehead atoms. The molecule has 2 N–H and O–H groups in total. The SMILES string of the molecule is COC(=O)[C@H](Cc1ccc(F)cc1)NC(=O)[C@@H](O)c1ccc(C(F)(F)F)cc1. The fourth-order valence-corrected chi connectivity index (χ4v) is 2.45. The maximum absolute atomic E-state index is 13.0. The lowest BCUT2D eigenvalue weighted by Crippen LogP contribution is -2.45. The summed E-state index contributed by atoms with van der Waals surface area (Å²) in [5.74, 6) is -2.25. The van der Waals surface area contributed by atoms with Crippen LogP contribution in [0.3, 0.4) is 0 Å². The predicted octanol–water partition coefficient (Wildman–Crippen LogP) is 2.78. The van der Waals surface area contributed by atoms with Crippen molar-refractivity contribution in [2.75, 3.05) is 7.11 Å². The third kappa shape index (κ3) is 5.53. The number of amides is 1. The summed E-state index contributed by atoms with van der Waals surface area (Å²) in [4.78, 5) is 24.2. The molecule has 0 saturated heterocycles. The van der Waals surface area contributed by atoms with Gasteiger partial charge in [0.25, 0.3) is 5.91 Å². The number of alkyl halides is 3. The molecule has 0 unspecified atom stereocenters. The molecule has 2 rings (SSSR count). The molecule has 0 aromatic heterocycles. The fraction of sp³-hybridized carbons (Fsp3) is 0.263. The molecule has 0 saturated carbocycles. The van der Waals surface area contributed by atoms with Gasteiger partial charge in [-0.25, -0.2) is 9.18 Å². The van der Waals surface area contributed by atoms with E-state index < -0.39 is 41.6 Å². The van der Waals surface area contributed by atoms with Gasteiger partial charge in [0, 0.05) is 6.42 Å². The number of aliphatic hydroxyl groups is 1. The van der Waals surface area contributed by atoms with Gasteiger partial charge in [0.05, 0.1) is 12.7 Å². The van der Waals surface area contributed by atoms with Crippen molar-refractivity contribution < 1.29 is 37.0 Å². The summed E-state index contributed by atoms with van der Waals surface area (Å²) < 4.78 is 55.4. The van der Waals surface area contributed by atoms with Gasteiger partial charge in [-0.15, -0.1) is 0 Å². The van der Waals surface area contributed by atoms with Crippen LogP contribution in [0.1, 0.15) is 22.8 Å². The Morgan fingerprint density at radius 1 is 1.07 bits per heavy atom. The topological polar surface area (TPSA) is 75.6 Å². The summed E-state index contributed by atoms with van der Waals surface area (Å²) in [6, 6.07) is 7.45. The van der Waals surface area contributed by atoms with Gasteiger partial charge < -0.3 is 15.2 Å². The number of esters is 1. The predicted molar refractivity (Wildman–Crippen MR) is 90.5 cm³/mol. The van der Waals surface area contributed by atoms with Crippen molar-refractivity contribution in [3.05, 3.63) is 71.0 Å². The second-order valence-corrected chi connectivity index (χ2v) is 5.94. The molecule has 2 aromatic rings. The Morgan fingerprint density at radius 3 is 2.14 bits per heavy atom. The summed E-state index contributed by atoms with van der Waals surface area (Å²) in [5.41, 5.74) is -0.468. The Labute approximate surface area is 157 Å². The van der Waals surface area contributed by atoms with Crippen molar-refractivity contribution in [1.82, 2.24) is 5.32 Å². The minimum atomic E-state index is -4.54. The number of carbonyl (C=O) groups is 2. The quantitative estimate of drug-likeness (QED) is 0.579. The first kappa shape index (κ1) is 21.4. The van der Waals surface area contributed by atoms with Gasteiger partial charge in [0.1, 0.15) is 11.9 Å². The van der Waals surface area contributed by atoms with Crippen molar-refractivity contribution >= 4 is 11.9 Å². The van der Waals surface area contributed by atoms with Crippen LogP contribution in [0.5, 0.6) is 0 Å². The molecule has 150 valence electrons. The van der Waals surface area contributed by atoms with Crippen molar-refractivity contribution in [1.29, 1.82) is 0 Å². The van der Waals surface area contributed by atoms with Gasteiger partial charge in [-0.2, -0.15) is 13.2 Å². The highest BCUT2D eigenvalue weighted by molar-refractivity contribution is 5.87. The average Bonchev–Trinajstić information content (AvgIpc) is 2.67. The average molecular weight is 399 g/mol. The Morgan fingerprint density at radius 2 is 1.64 bits per heavy atom. The highest BCUT2D eigenvalue weighted by atomic mass is 19.4. The van der Waals surface area contributed by atoms with Crippen molar-refractivity contribution in [2.24, 2.45) is 0 Å². The fourth-order valence-electron chi connectivity index (χ4n) is 2.45. The van der Waals surface area contributed by atoms with Crippen LogP contribution in [0.4, 0.5) is 17.6 Å². The lowest BCUT2D eigenvalue weighted by atomic mass is 10.0. The van der Waals surface area contributed by atoms with Gasteiger partial charge in [-0.05, 0) is 35.4 Å². The Kier molecular flexibility index (Phi) is 6.74. The van der Waals surface area contributed by atoms with Gasteiger partial charge in [-0.1, -0.05) is 24.3 Å². The summed E-state index contributed by atoms with van der Waals surface area (Å²) in [6.07, 6.45) is -6.36. The Hall–Kier alpha value is -2.94. The number of nitrogens with one attached hydrogen (secondary N) is 1. The van der Waals surface area contributed by atoms with Crippen LogP contribution < -0.4 is 5.32 Å². The number of methoxy groups -OCH3 is 1. The van der Waals surface area contributed by atoms with Crippen LogP contribution >= 0.6 is 0 Å². The second-order valence-electron chi connectivity index (χ2n) is 5.94. The smallest absolute Gasteiger partial charge is 0.416 e. The van der Waals surface area contributed by atoms with E-state index in [-0.39, 0.29) is 12.0 Å². The minimum absolute atomic E-state index is 0.0293. The summed E-state index contributed by atoms with van der Waals surface area (Å²) in [6.45, 7) is 0. The van der Waals surface area contributed by atoms with Crippen LogP contribution in [0.25, 0.3) is 0 Å². The van der Waals surface area contributed by atoms with Crippen LogP contribution in [0.15, 0.2) is 48.5 Å². The van der Waals surface area contributed by atoms with E-state index in [1.54, 1.807) is 0 Å². The molecule has 0 spiro atoms. The summed E-state index contributed by atoms with van der Waals surface area (Å²) >= 11 is 0. The first-order valence-corrected chi connectivity index (χ1v) is 8.09. The monoisotopic (exact) mass is 399 g/mol. The van der Waals surface area contributed by atoms with E-state index in [9.17, 15) is 32.3 Å². The van der Waals surface area contributed by atoms with E-state index in [0.29, 0.717) is 5.56 Å². The molecule has 5 nitrogen and oxygen atoms in total. The number of hydrogen-bond acceptors (Lipinski definition) is 4. The van der Waals surface area contributed by atoms with Crippen LogP contribution in [0, 0.1) is 5.82 Å². The number of carbonyl (C=O) groups excluding carboxylic acids is 2. The lowest BCUT2D eigenvalue weighted by molar-refractivity contribution is -0.146. The molecule has 9 heteroatoms. The number of rotatable bonds is 6. The van der Waals surface area contributed by atoms with E-state index in [2.05, 4.69) is 10.1 Å².